The van der Waals surface area contributed by atoms with Gasteiger partial charge in [-0.25, -0.2) is 0 Å². The van der Waals surface area contributed by atoms with Crippen LogP contribution in [0.2, 0.25) is 0 Å². The number of aromatic nitrogens is 3. The van der Waals surface area contributed by atoms with E-state index in [9.17, 15) is 0 Å². The van der Waals surface area contributed by atoms with Crippen molar-refractivity contribution < 1.29 is 0 Å². The van der Waals surface area contributed by atoms with Crippen molar-refractivity contribution in [2.75, 3.05) is 0 Å². The molecule has 0 aliphatic rings. The van der Waals surface area contributed by atoms with E-state index in [1.165, 1.54) is 21.9 Å². The zero-order valence-electron chi connectivity index (χ0n) is 14.4. The third kappa shape index (κ3) is 3.53. The van der Waals surface area contributed by atoms with Gasteiger partial charge in [0.2, 0.25) is 5.16 Å². The lowest BCUT2D eigenvalue weighted by Gasteiger charge is -2.05. The van der Waals surface area contributed by atoms with Crippen molar-refractivity contribution in [3.05, 3.63) is 89.7 Å². The molecule has 26 heavy (non-hydrogen) atoms. The van der Waals surface area contributed by atoms with Crippen LogP contribution in [-0.4, -0.2) is 21.1 Å². The lowest BCUT2D eigenvalue weighted by molar-refractivity contribution is 0.767. The van der Waals surface area contributed by atoms with E-state index in [0.717, 1.165) is 16.5 Å². The largest absolute Gasteiger partial charge is 0.212 e. The molecule has 0 aliphatic heterocycles. The Kier molecular flexibility index (Phi) is 4.80. The summed E-state index contributed by atoms with van der Waals surface area (Å²) >= 11 is 1.64. The van der Waals surface area contributed by atoms with E-state index >= 15 is 0 Å². The molecule has 1 aromatic heterocycles. The quantitative estimate of drug-likeness (QED) is 0.376. The zero-order valence-corrected chi connectivity index (χ0v) is 15.2. The van der Waals surface area contributed by atoms with Crippen molar-refractivity contribution in [2.45, 2.75) is 17.8 Å². The van der Waals surface area contributed by atoms with Gasteiger partial charge in [-0.05, 0) is 28.8 Å². The molecule has 4 aromatic rings. The average Bonchev–Trinajstić information content (AvgIpc) is 3.13. The maximum Gasteiger partial charge on any atom is 0.212 e. The summed E-state index contributed by atoms with van der Waals surface area (Å²) in [6.45, 7) is 2.12. The van der Waals surface area contributed by atoms with Crippen LogP contribution in [-0.2, 0) is 5.75 Å². The van der Waals surface area contributed by atoms with Crippen molar-refractivity contribution in [3.8, 4) is 0 Å². The fourth-order valence-corrected chi connectivity index (χ4v) is 3.74. The fraction of sp³-hybridized carbons (Fsp3) is 0.0952. The highest BCUT2D eigenvalue weighted by Crippen LogP contribution is 2.22. The van der Waals surface area contributed by atoms with Crippen LogP contribution in [0.1, 0.15) is 16.7 Å². The van der Waals surface area contributed by atoms with Crippen LogP contribution in [0, 0.1) is 6.92 Å². The summed E-state index contributed by atoms with van der Waals surface area (Å²) in [6.07, 6.45) is 3.51. The number of aryl methyl sites for hydroxylation is 1. The second-order valence-corrected chi connectivity index (χ2v) is 6.93. The first-order valence-electron chi connectivity index (χ1n) is 8.41. The monoisotopic (exact) mass is 358 g/mol. The Morgan fingerprint density at radius 3 is 2.73 bits per heavy atom. The average molecular weight is 358 g/mol. The Bertz CT molecular complexity index is 1060. The van der Waals surface area contributed by atoms with Crippen LogP contribution in [0.15, 0.2) is 83.3 Å². The molecule has 3 aromatic carbocycles. The van der Waals surface area contributed by atoms with Gasteiger partial charge >= 0.3 is 0 Å². The van der Waals surface area contributed by atoms with Crippen LogP contribution in [0.5, 0.6) is 0 Å². The van der Waals surface area contributed by atoms with Gasteiger partial charge in [0, 0.05) is 11.3 Å². The molecule has 0 saturated carbocycles. The summed E-state index contributed by atoms with van der Waals surface area (Å²) in [5, 5.41) is 15.9. The summed E-state index contributed by atoms with van der Waals surface area (Å²) in [6, 6.07) is 22.9. The predicted octanol–water partition coefficient (Wildman–Crippen LogP) is 4.91. The van der Waals surface area contributed by atoms with Gasteiger partial charge in [0.15, 0.2) is 0 Å². The van der Waals surface area contributed by atoms with Crippen molar-refractivity contribution in [1.29, 1.82) is 0 Å². The molecule has 5 heteroatoms. The molecular formula is C21H18N4S. The molecule has 4 rings (SSSR count). The van der Waals surface area contributed by atoms with Crippen LogP contribution < -0.4 is 0 Å². The Labute approximate surface area is 156 Å². The molecule has 0 saturated heterocycles. The van der Waals surface area contributed by atoms with Crippen LogP contribution in [0.4, 0.5) is 0 Å². The standard InChI is InChI=1S/C21H18N4S/c1-16-7-2-3-9-19(16)14-26-21-24-22-15-25(21)23-13-18-11-6-10-17-8-4-5-12-20(17)18/h2-13,15H,14H2,1H3/b23-13-. The molecule has 0 atom stereocenters. The maximum absolute atomic E-state index is 4.57. The summed E-state index contributed by atoms with van der Waals surface area (Å²) in [5.41, 5.74) is 3.65. The van der Waals surface area contributed by atoms with Gasteiger partial charge in [0.05, 0.1) is 6.21 Å². The molecule has 0 spiro atoms. The molecule has 1 heterocycles. The van der Waals surface area contributed by atoms with Gasteiger partial charge < -0.3 is 0 Å². The normalized spacial score (nSPS) is 11.4. The molecule has 0 unspecified atom stereocenters. The summed E-state index contributed by atoms with van der Waals surface area (Å²) in [5.74, 6) is 0.842. The molecular weight excluding hydrogens is 340 g/mol. The molecule has 0 amide bonds. The molecule has 0 aliphatic carbocycles. The number of hydrogen-bond donors (Lipinski definition) is 0. The van der Waals surface area contributed by atoms with E-state index in [-0.39, 0.29) is 0 Å². The third-order valence-electron chi connectivity index (χ3n) is 4.26. The lowest BCUT2D eigenvalue weighted by atomic mass is 10.1. The zero-order chi connectivity index (χ0) is 17.8. The van der Waals surface area contributed by atoms with Gasteiger partial charge in [0.1, 0.15) is 6.33 Å². The number of rotatable bonds is 5. The highest BCUT2D eigenvalue weighted by Gasteiger charge is 2.06. The second kappa shape index (κ2) is 7.54. The van der Waals surface area contributed by atoms with Crippen LogP contribution >= 0.6 is 11.8 Å². The minimum absolute atomic E-state index is 0.782. The van der Waals surface area contributed by atoms with Crippen molar-refractivity contribution >= 4 is 28.7 Å². The SMILES string of the molecule is Cc1ccccc1CSc1nncn1/N=C\c1cccc2ccccc12. The number of thioether (sulfide) groups is 1. The predicted molar refractivity (Wildman–Crippen MR) is 108 cm³/mol. The number of fused-ring (bicyclic) bond motifs is 1. The minimum atomic E-state index is 0.782. The van der Waals surface area contributed by atoms with E-state index in [2.05, 4.69) is 70.8 Å². The van der Waals surface area contributed by atoms with E-state index in [1.807, 2.05) is 24.4 Å². The van der Waals surface area contributed by atoms with Gasteiger partial charge in [0.25, 0.3) is 0 Å². The van der Waals surface area contributed by atoms with Crippen molar-refractivity contribution in [3.63, 3.8) is 0 Å². The van der Waals surface area contributed by atoms with E-state index < -0.39 is 0 Å². The van der Waals surface area contributed by atoms with Gasteiger partial charge in [-0.15, -0.1) is 10.2 Å². The van der Waals surface area contributed by atoms with Crippen molar-refractivity contribution in [2.24, 2.45) is 5.10 Å². The number of hydrogen-bond acceptors (Lipinski definition) is 4. The molecule has 0 radical (unpaired) electrons. The smallest absolute Gasteiger partial charge is 0.195 e. The Balaban J connectivity index is 1.55. The summed E-state index contributed by atoms with van der Waals surface area (Å²) in [7, 11) is 0. The van der Waals surface area contributed by atoms with Crippen molar-refractivity contribution in [1.82, 2.24) is 14.9 Å². The van der Waals surface area contributed by atoms with Crippen LogP contribution in [0.25, 0.3) is 10.8 Å². The first kappa shape index (κ1) is 16.5. The maximum atomic E-state index is 4.57. The topological polar surface area (TPSA) is 43.1 Å². The Morgan fingerprint density at radius 2 is 1.81 bits per heavy atom. The van der Waals surface area contributed by atoms with Gasteiger partial charge in [-0.3, -0.25) is 0 Å². The van der Waals surface area contributed by atoms with E-state index in [1.54, 1.807) is 22.8 Å². The Hall–Kier alpha value is -2.92. The molecule has 0 bridgehead atoms. The third-order valence-corrected chi connectivity index (χ3v) is 5.25. The Morgan fingerprint density at radius 1 is 1.00 bits per heavy atom. The first-order valence-corrected chi connectivity index (χ1v) is 9.39. The summed E-state index contributed by atoms with van der Waals surface area (Å²) < 4.78 is 1.73. The van der Waals surface area contributed by atoms with E-state index in [0.29, 0.717) is 0 Å². The minimum Gasteiger partial charge on any atom is -0.195 e. The highest BCUT2D eigenvalue weighted by molar-refractivity contribution is 7.98. The van der Waals surface area contributed by atoms with Gasteiger partial charge in [-0.1, -0.05) is 78.5 Å². The fourth-order valence-electron chi connectivity index (χ4n) is 2.80. The molecule has 0 N–H and O–H groups in total. The highest BCUT2D eigenvalue weighted by atomic mass is 32.2. The number of nitrogens with zero attached hydrogens (tertiary/aromatic N) is 4. The van der Waals surface area contributed by atoms with E-state index in [4.69, 9.17) is 0 Å². The number of benzene rings is 3. The molecule has 128 valence electrons. The second-order valence-electron chi connectivity index (χ2n) is 5.99. The summed E-state index contributed by atoms with van der Waals surface area (Å²) in [4.78, 5) is 0. The molecule has 0 fully saturated rings. The van der Waals surface area contributed by atoms with Gasteiger partial charge in [-0.2, -0.15) is 9.78 Å². The van der Waals surface area contributed by atoms with Crippen LogP contribution in [0.3, 0.4) is 0 Å². The lowest BCUT2D eigenvalue weighted by Crippen LogP contribution is -1.94. The first-order chi connectivity index (χ1) is 12.8. The molecule has 4 nitrogen and oxygen atoms in total.